The molecule has 22 heavy (non-hydrogen) atoms. The molecule has 0 radical (unpaired) electrons. The van der Waals surface area contributed by atoms with Crippen molar-refractivity contribution in [2.75, 3.05) is 20.1 Å². The lowest BCUT2D eigenvalue weighted by molar-refractivity contribution is 0.588. The summed E-state index contributed by atoms with van der Waals surface area (Å²) in [6.07, 6.45) is 0. The number of hydrogen-bond donors (Lipinski definition) is 3. The standard InChI is InChI=1S/C15H26N4O2S/c1-5-17-15(18-10-12(2)3)19-11-13-7-6-8-14(9-13)22(20,21)16-4/h6-9,12,16H,5,10-11H2,1-4H3,(H2,17,18,19). The van der Waals surface area contributed by atoms with Gasteiger partial charge in [-0.3, -0.25) is 0 Å². The molecule has 0 amide bonds. The summed E-state index contributed by atoms with van der Waals surface area (Å²) in [7, 11) is -2.02. The van der Waals surface area contributed by atoms with Crippen LogP contribution in [0.1, 0.15) is 26.3 Å². The molecule has 0 aliphatic carbocycles. The van der Waals surface area contributed by atoms with Crippen LogP contribution in [0.2, 0.25) is 0 Å². The summed E-state index contributed by atoms with van der Waals surface area (Å²) in [6, 6.07) is 6.80. The molecular formula is C15H26N4O2S. The van der Waals surface area contributed by atoms with Crippen LogP contribution in [-0.2, 0) is 16.6 Å². The summed E-state index contributed by atoms with van der Waals surface area (Å²) < 4.78 is 25.9. The Morgan fingerprint density at radius 3 is 2.59 bits per heavy atom. The number of sulfonamides is 1. The summed E-state index contributed by atoms with van der Waals surface area (Å²) >= 11 is 0. The van der Waals surface area contributed by atoms with Gasteiger partial charge in [0, 0.05) is 13.1 Å². The third kappa shape index (κ3) is 6.03. The van der Waals surface area contributed by atoms with E-state index < -0.39 is 10.0 Å². The van der Waals surface area contributed by atoms with Gasteiger partial charge >= 0.3 is 0 Å². The fraction of sp³-hybridized carbons (Fsp3) is 0.533. The molecule has 6 nitrogen and oxygen atoms in total. The molecule has 0 aliphatic rings. The molecule has 1 aromatic carbocycles. The zero-order valence-electron chi connectivity index (χ0n) is 13.7. The zero-order chi connectivity index (χ0) is 16.6. The molecule has 0 aromatic heterocycles. The SMILES string of the molecule is CCNC(=NCc1cccc(S(=O)(=O)NC)c1)NCC(C)C. The quantitative estimate of drug-likeness (QED) is 0.521. The second kappa shape index (κ2) is 8.75. The van der Waals surface area contributed by atoms with Crippen LogP contribution in [0.5, 0.6) is 0 Å². The van der Waals surface area contributed by atoms with Gasteiger partial charge in [-0.05, 0) is 37.6 Å². The first kappa shape index (κ1) is 18.4. The molecule has 1 rings (SSSR count). The molecule has 0 atom stereocenters. The Labute approximate surface area is 133 Å². The van der Waals surface area contributed by atoms with Gasteiger partial charge in [-0.1, -0.05) is 26.0 Å². The van der Waals surface area contributed by atoms with Gasteiger partial charge in [0.1, 0.15) is 0 Å². The predicted octanol–water partition coefficient (Wildman–Crippen LogP) is 1.31. The number of hydrogen-bond acceptors (Lipinski definition) is 3. The Morgan fingerprint density at radius 2 is 2.00 bits per heavy atom. The van der Waals surface area contributed by atoms with Crippen LogP contribution >= 0.6 is 0 Å². The lowest BCUT2D eigenvalue weighted by Crippen LogP contribution is -2.39. The van der Waals surface area contributed by atoms with Crippen LogP contribution in [0.3, 0.4) is 0 Å². The van der Waals surface area contributed by atoms with E-state index in [-0.39, 0.29) is 4.90 Å². The Kier molecular flexibility index (Phi) is 7.34. The first-order valence-electron chi connectivity index (χ1n) is 7.43. The molecule has 0 aliphatic heterocycles. The molecule has 1 aromatic rings. The van der Waals surface area contributed by atoms with Crippen molar-refractivity contribution >= 4 is 16.0 Å². The van der Waals surface area contributed by atoms with E-state index in [0.717, 1.165) is 24.6 Å². The van der Waals surface area contributed by atoms with E-state index in [1.807, 2.05) is 13.0 Å². The van der Waals surface area contributed by atoms with E-state index in [2.05, 4.69) is 34.2 Å². The zero-order valence-corrected chi connectivity index (χ0v) is 14.5. The van der Waals surface area contributed by atoms with Crippen molar-refractivity contribution in [3.63, 3.8) is 0 Å². The van der Waals surface area contributed by atoms with Crippen molar-refractivity contribution in [2.45, 2.75) is 32.2 Å². The van der Waals surface area contributed by atoms with E-state index in [9.17, 15) is 8.42 Å². The van der Waals surface area contributed by atoms with E-state index in [1.165, 1.54) is 7.05 Å². The Hall–Kier alpha value is -1.60. The van der Waals surface area contributed by atoms with E-state index in [0.29, 0.717) is 12.5 Å². The highest BCUT2D eigenvalue weighted by atomic mass is 32.2. The monoisotopic (exact) mass is 326 g/mol. The van der Waals surface area contributed by atoms with Gasteiger partial charge < -0.3 is 10.6 Å². The third-order valence-corrected chi connectivity index (χ3v) is 4.33. The molecule has 0 unspecified atom stereocenters. The van der Waals surface area contributed by atoms with E-state index in [1.54, 1.807) is 18.2 Å². The van der Waals surface area contributed by atoms with Crippen molar-refractivity contribution in [3.05, 3.63) is 29.8 Å². The maximum Gasteiger partial charge on any atom is 0.240 e. The number of nitrogens with one attached hydrogen (secondary N) is 3. The highest BCUT2D eigenvalue weighted by Crippen LogP contribution is 2.11. The van der Waals surface area contributed by atoms with Crippen LogP contribution in [-0.4, -0.2) is 34.5 Å². The summed E-state index contributed by atoms with van der Waals surface area (Å²) in [4.78, 5) is 4.74. The van der Waals surface area contributed by atoms with Crippen molar-refractivity contribution in [1.29, 1.82) is 0 Å². The van der Waals surface area contributed by atoms with Crippen LogP contribution < -0.4 is 15.4 Å². The largest absolute Gasteiger partial charge is 0.357 e. The summed E-state index contributed by atoms with van der Waals surface area (Å²) in [6.45, 7) is 8.29. The van der Waals surface area contributed by atoms with Gasteiger partial charge in [0.05, 0.1) is 11.4 Å². The van der Waals surface area contributed by atoms with Crippen LogP contribution in [0.4, 0.5) is 0 Å². The summed E-state index contributed by atoms with van der Waals surface area (Å²) in [5.74, 6) is 1.26. The molecule has 0 bridgehead atoms. The van der Waals surface area contributed by atoms with Crippen LogP contribution in [0.25, 0.3) is 0 Å². The molecule has 0 heterocycles. The van der Waals surface area contributed by atoms with Gasteiger partial charge in [0.2, 0.25) is 10.0 Å². The molecule has 3 N–H and O–H groups in total. The fourth-order valence-electron chi connectivity index (χ4n) is 1.74. The average molecular weight is 326 g/mol. The molecule has 0 saturated heterocycles. The van der Waals surface area contributed by atoms with Crippen molar-refractivity contribution in [2.24, 2.45) is 10.9 Å². The van der Waals surface area contributed by atoms with Crippen LogP contribution in [0.15, 0.2) is 34.2 Å². The molecule has 0 spiro atoms. The first-order valence-corrected chi connectivity index (χ1v) is 8.92. The lowest BCUT2D eigenvalue weighted by atomic mass is 10.2. The van der Waals surface area contributed by atoms with Gasteiger partial charge in [0.25, 0.3) is 0 Å². The minimum atomic E-state index is -3.42. The number of nitrogens with zero attached hydrogens (tertiary/aromatic N) is 1. The molecule has 7 heteroatoms. The Morgan fingerprint density at radius 1 is 1.27 bits per heavy atom. The van der Waals surface area contributed by atoms with Crippen LogP contribution in [0, 0.1) is 5.92 Å². The number of guanidine groups is 1. The second-order valence-corrected chi connectivity index (χ2v) is 7.21. The number of benzene rings is 1. The number of rotatable bonds is 7. The topological polar surface area (TPSA) is 82.6 Å². The van der Waals surface area contributed by atoms with E-state index in [4.69, 9.17) is 0 Å². The third-order valence-electron chi connectivity index (χ3n) is 2.92. The second-order valence-electron chi connectivity index (χ2n) is 5.32. The molecule has 0 fully saturated rings. The van der Waals surface area contributed by atoms with Gasteiger partial charge in [-0.2, -0.15) is 0 Å². The molecular weight excluding hydrogens is 300 g/mol. The molecule has 0 saturated carbocycles. The predicted molar refractivity (Wildman–Crippen MR) is 90.3 cm³/mol. The highest BCUT2D eigenvalue weighted by Gasteiger charge is 2.11. The van der Waals surface area contributed by atoms with Gasteiger partial charge in [-0.25, -0.2) is 18.1 Å². The summed E-state index contributed by atoms with van der Waals surface area (Å²) in [5, 5.41) is 6.43. The Bertz CT molecular complexity index is 597. The maximum atomic E-state index is 11.8. The Balaban J connectivity index is 2.84. The fourth-order valence-corrected chi connectivity index (χ4v) is 2.54. The maximum absolute atomic E-state index is 11.8. The van der Waals surface area contributed by atoms with Crippen molar-refractivity contribution in [1.82, 2.24) is 15.4 Å². The highest BCUT2D eigenvalue weighted by molar-refractivity contribution is 7.89. The minimum absolute atomic E-state index is 0.253. The number of aliphatic imine (C=N–C) groups is 1. The smallest absolute Gasteiger partial charge is 0.240 e. The lowest BCUT2D eigenvalue weighted by Gasteiger charge is -2.13. The summed E-state index contributed by atoms with van der Waals surface area (Å²) in [5.41, 5.74) is 0.845. The van der Waals surface area contributed by atoms with Gasteiger partial charge in [0.15, 0.2) is 5.96 Å². The molecule has 124 valence electrons. The minimum Gasteiger partial charge on any atom is -0.357 e. The van der Waals surface area contributed by atoms with Gasteiger partial charge in [-0.15, -0.1) is 0 Å². The van der Waals surface area contributed by atoms with Crippen molar-refractivity contribution in [3.8, 4) is 0 Å². The van der Waals surface area contributed by atoms with E-state index >= 15 is 0 Å². The first-order chi connectivity index (χ1) is 10.4. The average Bonchev–Trinajstić information content (AvgIpc) is 2.50. The van der Waals surface area contributed by atoms with Crippen molar-refractivity contribution < 1.29 is 8.42 Å². The normalized spacial score (nSPS) is 12.5.